The van der Waals surface area contributed by atoms with Crippen molar-refractivity contribution in [2.24, 2.45) is 0 Å². The van der Waals surface area contributed by atoms with Gasteiger partial charge in [0.2, 0.25) is 0 Å². The largest absolute Gasteiger partial charge is 0.288 e. The van der Waals surface area contributed by atoms with Crippen LogP contribution in [0.4, 0.5) is 18.9 Å². The fourth-order valence-corrected chi connectivity index (χ4v) is 3.74. The molecule has 0 saturated heterocycles. The zero-order chi connectivity index (χ0) is 19.7. The van der Waals surface area contributed by atoms with E-state index in [1.54, 1.807) is 0 Å². The molecule has 0 N–H and O–H groups in total. The number of hydrogen-bond acceptors (Lipinski definition) is 3. The van der Waals surface area contributed by atoms with Gasteiger partial charge in [0.15, 0.2) is 23.2 Å². The van der Waals surface area contributed by atoms with E-state index in [4.69, 9.17) is 0 Å². The first-order chi connectivity index (χ1) is 13.4. The third-order valence-corrected chi connectivity index (χ3v) is 4.98. The van der Waals surface area contributed by atoms with Crippen LogP contribution in [0.1, 0.15) is 36.6 Å². The van der Waals surface area contributed by atoms with Crippen LogP contribution < -0.4 is 4.90 Å². The molecule has 28 heavy (non-hydrogen) atoms. The average molecular weight is 379 g/mol. The van der Waals surface area contributed by atoms with Crippen molar-refractivity contribution >= 4 is 23.3 Å². The summed E-state index contributed by atoms with van der Waals surface area (Å²) in [6.07, 6.45) is 0. The number of nitrogens with zero attached hydrogens (tertiary/aromatic N) is 1. The zero-order valence-electron chi connectivity index (χ0n) is 13.9. The van der Waals surface area contributed by atoms with Crippen molar-refractivity contribution in [2.75, 3.05) is 4.90 Å². The van der Waals surface area contributed by atoms with E-state index in [1.807, 2.05) is 0 Å². The van der Waals surface area contributed by atoms with Gasteiger partial charge in [-0.3, -0.25) is 14.4 Å². The van der Waals surface area contributed by atoms with Crippen LogP contribution in [0.2, 0.25) is 0 Å². The molecule has 1 aliphatic heterocycles. The average Bonchev–Trinajstić information content (AvgIpc) is 3.14. The van der Waals surface area contributed by atoms with Gasteiger partial charge in [0.05, 0.1) is 16.7 Å². The minimum Gasteiger partial charge on any atom is -0.288 e. The Hall–Kier alpha value is -3.74. The summed E-state index contributed by atoms with van der Waals surface area (Å²) in [4.78, 5) is 37.9. The topological polar surface area (TPSA) is 54.5 Å². The number of hydrogen-bond donors (Lipinski definition) is 0. The number of halogens is 3. The van der Waals surface area contributed by atoms with Crippen LogP contribution in [0.25, 0.3) is 11.1 Å². The lowest BCUT2D eigenvalue weighted by Gasteiger charge is -2.18. The van der Waals surface area contributed by atoms with Gasteiger partial charge in [-0.25, -0.2) is 18.1 Å². The van der Waals surface area contributed by atoms with Crippen molar-refractivity contribution in [2.45, 2.75) is 0 Å². The number of carbonyl (C=O) groups excluding carboxylic acids is 3. The van der Waals surface area contributed by atoms with Crippen molar-refractivity contribution in [3.63, 3.8) is 0 Å². The Bertz CT molecular complexity index is 1230. The molecular weight excluding hydrogens is 371 g/mol. The van der Waals surface area contributed by atoms with Crippen LogP contribution in [0.5, 0.6) is 0 Å². The van der Waals surface area contributed by atoms with Gasteiger partial charge in [0.25, 0.3) is 11.8 Å². The predicted octanol–water partition coefficient (Wildman–Crippen LogP) is 4.12. The highest BCUT2D eigenvalue weighted by atomic mass is 19.2. The van der Waals surface area contributed by atoms with E-state index in [1.165, 1.54) is 48.5 Å². The smallest absolute Gasteiger partial charge is 0.266 e. The molecule has 136 valence electrons. The van der Waals surface area contributed by atoms with Gasteiger partial charge < -0.3 is 0 Å². The summed E-state index contributed by atoms with van der Waals surface area (Å²) >= 11 is 0. The molecule has 0 bridgehead atoms. The lowest BCUT2D eigenvalue weighted by Crippen LogP contribution is -2.32. The Labute approximate surface area is 155 Å². The van der Waals surface area contributed by atoms with Gasteiger partial charge in [-0.15, -0.1) is 0 Å². The summed E-state index contributed by atoms with van der Waals surface area (Å²) in [7, 11) is 0. The van der Waals surface area contributed by atoms with Crippen LogP contribution in [-0.4, -0.2) is 17.6 Å². The maximum absolute atomic E-state index is 15.4. The third-order valence-electron chi connectivity index (χ3n) is 4.98. The second-order valence-corrected chi connectivity index (χ2v) is 6.41. The fourth-order valence-electron chi connectivity index (χ4n) is 3.74. The SMILES string of the molecule is O=C1c2ccccc2-c2c(F)c(N3C(=O)c4ccccc4C3=O)c(F)c(F)c21. The minimum atomic E-state index is -1.76. The van der Waals surface area contributed by atoms with E-state index in [9.17, 15) is 23.2 Å². The van der Waals surface area contributed by atoms with E-state index in [-0.39, 0.29) is 27.2 Å². The molecule has 0 fully saturated rings. The first-order valence-corrected chi connectivity index (χ1v) is 8.25. The lowest BCUT2D eigenvalue weighted by molar-refractivity contribution is 0.0922. The number of ketones is 1. The van der Waals surface area contributed by atoms with Crippen LogP contribution >= 0.6 is 0 Å². The molecule has 1 aliphatic carbocycles. The van der Waals surface area contributed by atoms with Gasteiger partial charge >= 0.3 is 0 Å². The molecule has 5 rings (SSSR count). The fraction of sp³-hybridized carbons (Fsp3) is 0. The molecule has 2 amide bonds. The number of anilines is 1. The molecule has 0 radical (unpaired) electrons. The van der Waals surface area contributed by atoms with Crippen LogP contribution in [0, 0.1) is 17.5 Å². The highest BCUT2D eigenvalue weighted by Gasteiger charge is 2.44. The molecule has 0 atom stereocenters. The molecule has 3 aromatic carbocycles. The number of rotatable bonds is 1. The first kappa shape index (κ1) is 16.4. The van der Waals surface area contributed by atoms with E-state index in [2.05, 4.69) is 0 Å². The van der Waals surface area contributed by atoms with Crippen molar-refractivity contribution in [1.82, 2.24) is 0 Å². The monoisotopic (exact) mass is 379 g/mol. The lowest BCUT2D eigenvalue weighted by atomic mass is 10.0. The Morgan fingerprint density at radius 1 is 0.571 bits per heavy atom. The minimum absolute atomic E-state index is 0.0224. The molecule has 1 heterocycles. The highest BCUT2D eigenvalue weighted by molar-refractivity contribution is 6.35. The summed E-state index contributed by atoms with van der Waals surface area (Å²) in [5, 5.41) is 0. The van der Waals surface area contributed by atoms with Crippen LogP contribution in [0.15, 0.2) is 48.5 Å². The van der Waals surface area contributed by atoms with Crippen molar-refractivity contribution in [3.8, 4) is 11.1 Å². The number of imide groups is 1. The zero-order valence-corrected chi connectivity index (χ0v) is 13.9. The molecule has 3 aromatic rings. The first-order valence-electron chi connectivity index (χ1n) is 8.25. The van der Waals surface area contributed by atoms with Gasteiger partial charge in [0.1, 0.15) is 5.69 Å². The molecule has 0 unspecified atom stereocenters. The third kappa shape index (κ3) is 1.82. The predicted molar refractivity (Wildman–Crippen MR) is 92.8 cm³/mol. The van der Waals surface area contributed by atoms with E-state index >= 15 is 4.39 Å². The maximum Gasteiger partial charge on any atom is 0.266 e. The highest BCUT2D eigenvalue weighted by Crippen LogP contribution is 2.45. The Morgan fingerprint density at radius 2 is 1.07 bits per heavy atom. The Kier molecular flexibility index (Phi) is 3.16. The van der Waals surface area contributed by atoms with Gasteiger partial charge in [0, 0.05) is 11.1 Å². The molecule has 4 nitrogen and oxygen atoms in total. The van der Waals surface area contributed by atoms with E-state index in [0.29, 0.717) is 0 Å². The molecule has 0 saturated carbocycles. The molecular formula is C21H8F3NO3. The van der Waals surface area contributed by atoms with Crippen molar-refractivity contribution in [1.29, 1.82) is 0 Å². The van der Waals surface area contributed by atoms with E-state index < -0.39 is 51.9 Å². The number of benzene rings is 3. The number of amides is 2. The van der Waals surface area contributed by atoms with Gasteiger partial charge in [-0.1, -0.05) is 36.4 Å². The van der Waals surface area contributed by atoms with Crippen molar-refractivity contribution < 1.29 is 27.6 Å². The van der Waals surface area contributed by atoms with Gasteiger partial charge in [-0.05, 0) is 17.7 Å². The summed E-state index contributed by atoms with van der Waals surface area (Å²) in [5.41, 5.74) is -2.28. The molecule has 0 aromatic heterocycles. The molecule has 7 heteroatoms. The Morgan fingerprint density at radius 3 is 1.64 bits per heavy atom. The number of fused-ring (bicyclic) bond motifs is 4. The Balaban J connectivity index is 1.82. The molecule has 2 aliphatic rings. The second kappa shape index (κ2) is 5.39. The van der Waals surface area contributed by atoms with Crippen LogP contribution in [-0.2, 0) is 0 Å². The summed E-state index contributed by atoms with van der Waals surface area (Å²) in [6, 6.07) is 11.5. The maximum atomic E-state index is 15.4. The quantitative estimate of drug-likeness (QED) is 0.369. The number of carbonyl (C=O) groups is 3. The molecule has 0 spiro atoms. The summed E-state index contributed by atoms with van der Waals surface area (Å²) in [5.74, 6) is -7.46. The van der Waals surface area contributed by atoms with Gasteiger partial charge in [-0.2, -0.15) is 0 Å². The van der Waals surface area contributed by atoms with Crippen molar-refractivity contribution in [3.05, 3.63) is 88.2 Å². The second-order valence-electron chi connectivity index (χ2n) is 6.41. The normalized spacial score (nSPS) is 14.4. The summed E-state index contributed by atoms with van der Waals surface area (Å²) < 4.78 is 45.0. The van der Waals surface area contributed by atoms with E-state index in [0.717, 1.165) is 0 Å². The van der Waals surface area contributed by atoms with Crippen LogP contribution in [0.3, 0.4) is 0 Å². The summed E-state index contributed by atoms with van der Waals surface area (Å²) in [6.45, 7) is 0. The standard InChI is InChI=1S/C21H8F3NO3/c22-15-14-13(9-5-1-2-6-10(9)19(14)26)16(23)18(17(15)24)25-20(27)11-7-3-4-8-12(11)21(25)28/h1-8H.